The van der Waals surface area contributed by atoms with Crippen LogP contribution >= 0.6 is 0 Å². The maximum atomic E-state index is 12.7. The van der Waals surface area contributed by atoms with E-state index >= 15 is 0 Å². The molecule has 4 rings (SSSR count). The molecule has 3 N–H and O–H groups in total. The Balaban J connectivity index is 1.43. The number of imidazole rings is 1. The van der Waals surface area contributed by atoms with Gasteiger partial charge in [0, 0.05) is 29.9 Å². The highest BCUT2D eigenvalue weighted by molar-refractivity contribution is 7.89. The minimum absolute atomic E-state index is 0.112. The van der Waals surface area contributed by atoms with E-state index in [2.05, 4.69) is 24.9 Å². The third kappa shape index (κ3) is 5.97. The molecule has 1 amide bonds. The van der Waals surface area contributed by atoms with Gasteiger partial charge in [0.15, 0.2) is 0 Å². The molecular weight excluding hydrogens is 442 g/mol. The Morgan fingerprint density at radius 1 is 1.12 bits per heavy atom. The van der Waals surface area contributed by atoms with Gasteiger partial charge in [0.25, 0.3) is 5.91 Å². The summed E-state index contributed by atoms with van der Waals surface area (Å²) in [4.78, 5) is 23.0. The number of aromatic amines is 1. The standard InChI is InChI=1S/C23H29N5O4S/c1-23(2,3)27-33(30,31)18-7-4-16(5-8-18)22(29)24-17-6-9-19-20(14-17)26-21(25-19)15-28-10-12-32-13-11-28/h4-9,14,27H,10-13,15H2,1-3H3,(H,24,29)(H,25,26). The molecule has 0 bridgehead atoms. The number of aromatic nitrogens is 2. The van der Waals surface area contributed by atoms with Crippen molar-refractivity contribution in [2.45, 2.75) is 37.8 Å². The number of anilines is 1. The Bertz CT molecular complexity index is 1240. The number of rotatable bonds is 6. The minimum Gasteiger partial charge on any atom is -0.379 e. The second kappa shape index (κ2) is 9.22. The molecule has 10 heteroatoms. The molecule has 9 nitrogen and oxygen atoms in total. The van der Waals surface area contributed by atoms with Crippen molar-refractivity contribution in [3.05, 3.63) is 53.9 Å². The van der Waals surface area contributed by atoms with Crippen LogP contribution in [0.3, 0.4) is 0 Å². The second-order valence-electron chi connectivity index (χ2n) is 9.14. The van der Waals surface area contributed by atoms with Crippen LogP contribution in [0.4, 0.5) is 5.69 Å². The number of fused-ring (bicyclic) bond motifs is 1. The first kappa shape index (κ1) is 23.4. The number of hydrogen-bond acceptors (Lipinski definition) is 6. The van der Waals surface area contributed by atoms with Gasteiger partial charge in [-0.25, -0.2) is 18.1 Å². The van der Waals surface area contributed by atoms with Crippen molar-refractivity contribution in [3.8, 4) is 0 Å². The molecule has 0 aliphatic carbocycles. The molecule has 0 saturated carbocycles. The number of H-pyrrole nitrogens is 1. The molecule has 0 radical (unpaired) electrons. The quantitative estimate of drug-likeness (QED) is 0.509. The zero-order valence-corrected chi connectivity index (χ0v) is 19.8. The smallest absolute Gasteiger partial charge is 0.255 e. The van der Waals surface area contributed by atoms with E-state index in [-0.39, 0.29) is 10.8 Å². The van der Waals surface area contributed by atoms with Crippen LogP contribution in [0.15, 0.2) is 47.4 Å². The zero-order chi connectivity index (χ0) is 23.6. The number of carbonyl (C=O) groups is 1. The topological polar surface area (TPSA) is 116 Å². The van der Waals surface area contributed by atoms with Gasteiger partial charge in [0.05, 0.1) is 35.7 Å². The molecule has 2 heterocycles. The number of amides is 1. The Morgan fingerprint density at radius 3 is 2.48 bits per heavy atom. The number of benzene rings is 2. The van der Waals surface area contributed by atoms with Gasteiger partial charge in [0.1, 0.15) is 5.82 Å². The average molecular weight is 472 g/mol. The summed E-state index contributed by atoms with van der Waals surface area (Å²) in [7, 11) is -3.66. The van der Waals surface area contributed by atoms with Crippen LogP contribution in [-0.2, 0) is 21.3 Å². The number of hydrogen-bond donors (Lipinski definition) is 3. The molecule has 1 fully saturated rings. The van der Waals surface area contributed by atoms with E-state index in [4.69, 9.17) is 4.74 Å². The van der Waals surface area contributed by atoms with Crippen molar-refractivity contribution >= 4 is 32.7 Å². The highest BCUT2D eigenvalue weighted by Gasteiger charge is 2.22. The van der Waals surface area contributed by atoms with Crippen molar-refractivity contribution in [1.82, 2.24) is 19.6 Å². The highest BCUT2D eigenvalue weighted by atomic mass is 32.2. The first-order valence-electron chi connectivity index (χ1n) is 10.8. The van der Waals surface area contributed by atoms with Gasteiger partial charge in [-0.1, -0.05) is 0 Å². The molecule has 1 aliphatic heterocycles. The number of sulfonamides is 1. The number of nitrogens with zero attached hydrogens (tertiary/aromatic N) is 2. The summed E-state index contributed by atoms with van der Waals surface area (Å²) < 4.78 is 32.9. The van der Waals surface area contributed by atoms with Crippen molar-refractivity contribution in [2.75, 3.05) is 31.6 Å². The Kier molecular flexibility index (Phi) is 6.53. The normalized spacial score (nSPS) is 15.6. The summed E-state index contributed by atoms with van der Waals surface area (Å²) in [5.74, 6) is 0.547. The second-order valence-corrected chi connectivity index (χ2v) is 10.8. The molecule has 33 heavy (non-hydrogen) atoms. The third-order valence-corrected chi connectivity index (χ3v) is 6.91. The first-order chi connectivity index (χ1) is 15.6. The Labute approximate surface area is 193 Å². The molecule has 3 aromatic rings. The lowest BCUT2D eigenvalue weighted by Crippen LogP contribution is -2.40. The lowest BCUT2D eigenvalue weighted by atomic mass is 10.1. The lowest BCUT2D eigenvalue weighted by Gasteiger charge is -2.25. The fraction of sp³-hybridized carbons (Fsp3) is 0.391. The van der Waals surface area contributed by atoms with Crippen LogP contribution in [0.25, 0.3) is 11.0 Å². The predicted octanol–water partition coefficient (Wildman–Crippen LogP) is 2.72. The number of nitrogens with one attached hydrogen (secondary N) is 3. The van der Waals surface area contributed by atoms with Crippen molar-refractivity contribution in [3.63, 3.8) is 0 Å². The number of carbonyl (C=O) groups excluding carboxylic acids is 1. The number of morpholine rings is 1. The van der Waals surface area contributed by atoms with E-state index in [1.165, 1.54) is 24.3 Å². The van der Waals surface area contributed by atoms with Gasteiger partial charge in [0.2, 0.25) is 10.0 Å². The maximum absolute atomic E-state index is 12.7. The predicted molar refractivity (Wildman–Crippen MR) is 127 cm³/mol. The SMILES string of the molecule is CC(C)(C)NS(=O)(=O)c1ccc(C(=O)Nc2ccc3nc(CN4CCOCC4)[nH]c3c2)cc1. The maximum Gasteiger partial charge on any atom is 0.255 e. The van der Waals surface area contributed by atoms with Gasteiger partial charge in [-0.05, 0) is 63.2 Å². The molecule has 1 saturated heterocycles. The first-order valence-corrected chi connectivity index (χ1v) is 12.3. The van der Waals surface area contributed by atoms with Crippen LogP contribution in [0.1, 0.15) is 37.0 Å². The average Bonchev–Trinajstić information content (AvgIpc) is 3.14. The largest absolute Gasteiger partial charge is 0.379 e. The fourth-order valence-electron chi connectivity index (χ4n) is 3.64. The Hall–Kier alpha value is -2.79. The summed E-state index contributed by atoms with van der Waals surface area (Å²) in [5.41, 5.74) is 2.06. The van der Waals surface area contributed by atoms with Crippen LogP contribution in [0, 0.1) is 0 Å². The van der Waals surface area contributed by atoms with E-state index in [1.807, 2.05) is 12.1 Å². The van der Waals surface area contributed by atoms with E-state index in [1.54, 1.807) is 26.8 Å². The van der Waals surface area contributed by atoms with E-state index in [9.17, 15) is 13.2 Å². The molecule has 2 aromatic carbocycles. The van der Waals surface area contributed by atoms with Crippen LogP contribution in [-0.4, -0.2) is 61.0 Å². The number of ether oxygens (including phenoxy) is 1. The van der Waals surface area contributed by atoms with E-state index in [0.29, 0.717) is 11.3 Å². The Morgan fingerprint density at radius 2 is 1.82 bits per heavy atom. The van der Waals surface area contributed by atoms with Gasteiger partial charge in [-0.3, -0.25) is 9.69 Å². The van der Waals surface area contributed by atoms with Crippen LogP contribution in [0.2, 0.25) is 0 Å². The third-order valence-electron chi connectivity index (χ3n) is 5.13. The monoisotopic (exact) mass is 471 g/mol. The summed E-state index contributed by atoms with van der Waals surface area (Å²) >= 11 is 0. The molecule has 1 aromatic heterocycles. The molecule has 0 atom stereocenters. The van der Waals surface area contributed by atoms with Gasteiger partial charge in [-0.15, -0.1) is 0 Å². The molecule has 176 valence electrons. The summed E-state index contributed by atoms with van der Waals surface area (Å²) in [6, 6.07) is 11.4. The lowest BCUT2D eigenvalue weighted by molar-refractivity contribution is 0.0332. The molecular formula is C23H29N5O4S. The van der Waals surface area contributed by atoms with Crippen LogP contribution < -0.4 is 10.0 Å². The van der Waals surface area contributed by atoms with Gasteiger partial charge >= 0.3 is 0 Å². The summed E-state index contributed by atoms with van der Waals surface area (Å²) in [6.45, 7) is 9.26. The van der Waals surface area contributed by atoms with Crippen LogP contribution in [0.5, 0.6) is 0 Å². The molecule has 0 spiro atoms. The van der Waals surface area contributed by atoms with Gasteiger partial charge in [-0.2, -0.15) is 0 Å². The van der Waals surface area contributed by atoms with Gasteiger partial charge < -0.3 is 15.0 Å². The van der Waals surface area contributed by atoms with Crippen molar-refractivity contribution < 1.29 is 17.9 Å². The van der Waals surface area contributed by atoms with Crippen molar-refractivity contribution in [1.29, 1.82) is 0 Å². The summed E-state index contributed by atoms with van der Waals surface area (Å²) in [5, 5.41) is 2.86. The molecule has 0 unspecified atom stereocenters. The van der Waals surface area contributed by atoms with E-state index in [0.717, 1.165) is 49.7 Å². The van der Waals surface area contributed by atoms with Crippen molar-refractivity contribution in [2.24, 2.45) is 0 Å². The molecule has 1 aliphatic rings. The fourth-order valence-corrected chi connectivity index (χ4v) is 5.06. The highest BCUT2D eigenvalue weighted by Crippen LogP contribution is 2.20. The summed E-state index contributed by atoms with van der Waals surface area (Å²) in [6.07, 6.45) is 0. The zero-order valence-electron chi connectivity index (χ0n) is 19.0. The van der Waals surface area contributed by atoms with E-state index < -0.39 is 15.6 Å². The minimum atomic E-state index is -3.66.